The highest BCUT2D eigenvalue weighted by molar-refractivity contribution is 5.76. The number of carbonyl (C=O) groups is 1. The molecule has 2 aromatic heterocycles. The first kappa shape index (κ1) is 20.5. The number of amides is 1. The quantitative estimate of drug-likeness (QED) is 0.600. The van der Waals surface area contributed by atoms with Crippen LogP contribution in [-0.4, -0.2) is 31.7 Å². The minimum absolute atomic E-state index is 0.0676. The number of nitrogens with one attached hydrogen (secondary N) is 1. The molecule has 0 aliphatic carbocycles. The molecule has 1 amide bonds. The number of methoxy groups -OCH3 is 1. The molecular weight excluding hydrogens is 374 g/mol. The molecule has 0 saturated heterocycles. The number of benzene rings is 1. The maximum absolute atomic E-state index is 12.4. The normalized spacial score (nSPS) is 11.1. The van der Waals surface area contributed by atoms with Gasteiger partial charge >= 0.3 is 5.69 Å². The lowest BCUT2D eigenvalue weighted by molar-refractivity contribution is -0.121. The van der Waals surface area contributed by atoms with Gasteiger partial charge in [-0.2, -0.15) is 0 Å². The second-order valence-electron chi connectivity index (χ2n) is 6.90. The minimum Gasteiger partial charge on any atom is -0.380 e. The SMILES string of the molecule is COCc1ccccc1CNC(=O)CCCn1cnc2c1c(=O)n(C)c(=O)n2C. The number of nitrogens with zero attached hydrogens (tertiary/aromatic N) is 4. The lowest BCUT2D eigenvalue weighted by atomic mass is 10.1. The second kappa shape index (κ2) is 8.87. The Hall–Kier alpha value is -3.20. The van der Waals surface area contributed by atoms with Crippen molar-refractivity contribution in [2.24, 2.45) is 14.1 Å². The van der Waals surface area contributed by atoms with Crippen LogP contribution in [-0.2, 0) is 43.3 Å². The van der Waals surface area contributed by atoms with Gasteiger partial charge in [-0.1, -0.05) is 24.3 Å². The molecule has 0 aliphatic heterocycles. The Kier molecular flexibility index (Phi) is 6.28. The molecule has 0 saturated carbocycles. The summed E-state index contributed by atoms with van der Waals surface area (Å²) in [4.78, 5) is 40.8. The summed E-state index contributed by atoms with van der Waals surface area (Å²) in [6, 6.07) is 7.81. The number of hydrogen-bond donors (Lipinski definition) is 1. The van der Waals surface area contributed by atoms with E-state index in [0.717, 1.165) is 15.7 Å². The van der Waals surface area contributed by atoms with Crippen molar-refractivity contribution >= 4 is 17.1 Å². The molecule has 9 heteroatoms. The van der Waals surface area contributed by atoms with Crippen molar-refractivity contribution in [2.45, 2.75) is 32.5 Å². The summed E-state index contributed by atoms with van der Waals surface area (Å²) < 4.78 is 9.28. The van der Waals surface area contributed by atoms with Gasteiger partial charge < -0.3 is 14.6 Å². The molecule has 2 heterocycles. The van der Waals surface area contributed by atoms with Gasteiger partial charge in [0.2, 0.25) is 5.91 Å². The van der Waals surface area contributed by atoms with Gasteiger partial charge in [0.1, 0.15) is 0 Å². The monoisotopic (exact) mass is 399 g/mol. The van der Waals surface area contributed by atoms with E-state index in [1.807, 2.05) is 24.3 Å². The van der Waals surface area contributed by atoms with Gasteiger partial charge in [0, 0.05) is 40.7 Å². The lowest BCUT2D eigenvalue weighted by Gasteiger charge is -2.10. The molecule has 0 atom stereocenters. The topological polar surface area (TPSA) is 100 Å². The van der Waals surface area contributed by atoms with E-state index >= 15 is 0 Å². The van der Waals surface area contributed by atoms with Crippen LogP contribution in [0.25, 0.3) is 11.2 Å². The second-order valence-corrected chi connectivity index (χ2v) is 6.90. The average molecular weight is 399 g/mol. The Morgan fingerprint density at radius 1 is 1.14 bits per heavy atom. The number of ether oxygens (including phenoxy) is 1. The van der Waals surface area contributed by atoms with Crippen LogP contribution in [0.3, 0.4) is 0 Å². The lowest BCUT2D eigenvalue weighted by Crippen LogP contribution is -2.37. The van der Waals surface area contributed by atoms with E-state index in [1.54, 1.807) is 18.7 Å². The number of aromatic nitrogens is 4. The fourth-order valence-corrected chi connectivity index (χ4v) is 3.28. The third-order valence-electron chi connectivity index (χ3n) is 4.91. The predicted molar refractivity (Wildman–Crippen MR) is 108 cm³/mol. The van der Waals surface area contributed by atoms with Gasteiger partial charge in [0.25, 0.3) is 5.56 Å². The molecule has 0 spiro atoms. The summed E-state index contributed by atoms with van der Waals surface area (Å²) in [6.45, 7) is 1.39. The largest absolute Gasteiger partial charge is 0.380 e. The van der Waals surface area contributed by atoms with E-state index in [0.29, 0.717) is 43.7 Å². The predicted octanol–water partition coefficient (Wildman–Crippen LogP) is 0.677. The van der Waals surface area contributed by atoms with E-state index in [4.69, 9.17) is 4.74 Å². The fourth-order valence-electron chi connectivity index (χ4n) is 3.28. The van der Waals surface area contributed by atoms with Crippen molar-refractivity contribution in [3.63, 3.8) is 0 Å². The van der Waals surface area contributed by atoms with Crippen molar-refractivity contribution < 1.29 is 9.53 Å². The van der Waals surface area contributed by atoms with Crippen LogP contribution >= 0.6 is 0 Å². The van der Waals surface area contributed by atoms with Crippen LogP contribution in [0.1, 0.15) is 24.0 Å². The summed E-state index contributed by atoms with van der Waals surface area (Å²) in [6.07, 6.45) is 2.39. The summed E-state index contributed by atoms with van der Waals surface area (Å²) in [5, 5.41) is 2.92. The molecule has 29 heavy (non-hydrogen) atoms. The maximum Gasteiger partial charge on any atom is 0.332 e. The summed E-state index contributed by atoms with van der Waals surface area (Å²) in [7, 11) is 4.66. The molecule has 3 aromatic rings. The molecule has 1 aromatic carbocycles. The number of hydrogen-bond acceptors (Lipinski definition) is 5. The van der Waals surface area contributed by atoms with Crippen LogP contribution < -0.4 is 16.6 Å². The molecule has 0 bridgehead atoms. The number of fused-ring (bicyclic) bond motifs is 1. The van der Waals surface area contributed by atoms with Crippen molar-refractivity contribution in [3.05, 3.63) is 62.6 Å². The van der Waals surface area contributed by atoms with E-state index in [-0.39, 0.29) is 11.5 Å². The van der Waals surface area contributed by atoms with Gasteiger partial charge in [-0.3, -0.25) is 18.7 Å². The van der Waals surface area contributed by atoms with Crippen LogP contribution in [0.15, 0.2) is 40.2 Å². The number of aryl methyl sites for hydroxylation is 2. The standard InChI is InChI=1S/C20H25N5O4/c1-23-18-17(19(27)24(2)20(23)28)25(13-22-18)10-6-9-16(26)21-11-14-7-4-5-8-15(14)12-29-3/h4-5,7-8,13H,6,9-12H2,1-3H3,(H,21,26). The fraction of sp³-hybridized carbons (Fsp3) is 0.400. The van der Waals surface area contributed by atoms with E-state index in [9.17, 15) is 14.4 Å². The van der Waals surface area contributed by atoms with Gasteiger partial charge in [0.05, 0.1) is 12.9 Å². The molecule has 0 radical (unpaired) electrons. The van der Waals surface area contributed by atoms with Crippen LogP contribution in [0.5, 0.6) is 0 Å². The Labute approximate surface area is 167 Å². The van der Waals surface area contributed by atoms with Crippen molar-refractivity contribution in [3.8, 4) is 0 Å². The van der Waals surface area contributed by atoms with E-state index in [1.165, 1.54) is 17.9 Å². The Bertz CT molecular complexity index is 1140. The molecule has 0 unspecified atom stereocenters. The van der Waals surface area contributed by atoms with Crippen LogP contribution in [0, 0.1) is 0 Å². The molecule has 9 nitrogen and oxygen atoms in total. The van der Waals surface area contributed by atoms with Crippen molar-refractivity contribution in [1.82, 2.24) is 24.0 Å². The highest BCUT2D eigenvalue weighted by Gasteiger charge is 2.14. The highest BCUT2D eigenvalue weighted by atomic mass is 16.5. The number of imidazole rings is 1. The summed E-state index contributed by atoms with van der Waals surface area (Å²) in [5.74, 6) is -0.0676. The first-order valence-electron chi connectivity index (χ1n) is 9.37. The molecular formula is C20H25N5O4. The number of carbonyl (C=O) groups excluding carboxylic acids is 1. The first-order chi connectivity index (χ1) is 13.9. The van der Waals surface area contributed by atoms with E-state index in [2.05, 4.69) is 10.3 Å². The Morgan fingerprint density at radius 3 is 2.59 bits per heavy atom. The highest BCUT2D eigenvalue weighted by Crippen LogP contribution is 2.10. The van der Waals surface area contributed by atoms with E-state index < -0.39 is 5.69 Å². The van der Waals surface area contributed by atoms with Gasteiger partial charge in [0.15, 0.2) is 11.2 Å². The molecule has 3 rings (SSSR count). The van der Waals surface area contributed by atoms with Crippen molar-refractivity contribution in [1.29, 1.82) is 0 Å². The smallest absolute Gasteiger partial charge is 0.332 e. The van der Waals surface area contributed by atoms with Crippen LogP contribution in [0.2, 0.25) is 0 Å². The summed E-state index contributed by atoms with van der Waals surface area (Å²) >= 11 is 0. The van der Waals surface area contributed by atoms with Gasteiger partial charge in [-0.15, -0.1) is 0 Å². The van der Waals surface area contributed by atoms with Crippen LogP contribution in [0.4, 0.5) is 0 Å². The van der Waals surface area contributed by atoms with Gasteiger partial charge in [-0.05, 0) is 17.5 Å². The molecule has 0 fully saturated rings. The molecule has 0 aliphatic rings. The zero-order valence-corrected chi connectivity index (χ0v) is 16.8. The Morgan fingerprint density at radius 2 is 1.86 bits per heavy atom. The maximum atomic E-state index is 12.4. The third-order valence-corrected chi connectivity index (χ3v) is 4.91. The molecule has 154 valence electrons. The minimum atomic E-state index is -0.416. The average Bonchev–Trinajstić information content (AvgIpc) is 3.14. The third kappa shape index (κ3) is 4.29. The summed E-state index contributed by atoms with van der Waals surface area (Å²) in [5.41, 5.74) is 1.97. The van der Waals surface area contributed by atoms with Crippen molar-refractivity contribution in [2.75, 3.05) is 7.11 Å². The van der Waals surface area contributed by atoms with Gasteiger partial charge in [-0.25, -0.2) is 9.78 Å². The zero-order chi connectivity index (χ0) is 21.0. The Balaban J connectivity index is 1.60. The number of rotatable bonds is 8. The molecule has 1 N–H and O–H groups in total. The zero-order valence-electron chi connectivity index (χ0n) is 16.8. The first-order valence-corrected chi connectivity index (χ1v) is 9.37.